The molecule has 3 atom stereocenters. The number of morpholine rings is 1. The first-order valence-electron chi connectivity index (χ1n) is 6.17. The molecule has 0 radical (unpaired) electrons. The van der Waals surface area contributed by atoms with Gasteiger partial charge in [-0.25, -0.2) is 8.42 Å². The van der Waals surface area contributed by atoms with Crippen LogP contribution in [-0.4, -0.2) is 67.7 Å². The zero-order valence-electron chi connectivity index (χ0n) is 10.4. The van der Waals surface area contributed by atoms with Gasteiger partial charge in [-0.1, -0.05) is 0 Å². The van der Waals surface area contributed by atoms with Gasteiger partial charge in [0.25, 0.3) is 0 Å². The molecule has 0 aromatic carbocycles. The van der Waals surface area contributed by atoms with Crippen LogP contribution in [0.3, 0.4) is 0 Å². The molecule has 2 heterocycles. The zero-order chi connectivity index (χ0) is 13.3. The fourth-order valence-electron chi connectivity index (χ4n) is 2.57. The molecule has 2 aliphatic heterocycles. The Kier molecular flexibility index (Phi) is 3.93. The molecule has 1 amide bonds. The quantitative estimate of drug-likeness (QED) is 0.702. The van der Waals surface area contributed by atoms with Gasteiger partial charge in [-0.05, 0) is 13.3 Å². The van der Waals surface area contributed by atoms with E-state index < -0.39 is 15.8 Å². The lowest BCUT2D eigenvalue weighted by atomic mass is 10.1. The Balaban J connectivity index is 2.00. The van der Waals surface area contributed by atoms with Crippen LogP contribution in [0.1, 0.15) is 13.3 Å². The van der Waals surface area contributed by atoms with E-state index in [1.165, 1.54) is 0 Å². The van der Waals surface area contributed by atoms with Gasteiger partial charge in [-0.3, -0.25) is 4.79 Å². The van der Waals surface area contributed by atoms with Crippen molar-refractivity contribution < 1.29 is 23.1 Å². The number of carbonyl (C=O) groups is 1. The van der Waals surface area contributed by atoms with Crippen molar-refractivity contribution in [3.63, 3.8) is 0 Å². The van der Waals surface area contributed by atoms with Crippen LogP contribution in [0.2, 0.25) is 0 Å². The lowest BCUT2D eigenvalue weighted by molar-refractivity contribution is -0.150. The van der Waals surface area contributed by atoms with Crippen LogP contribution in [0.15, 0.2) is 0 Å². The van der Waals surface area contributed by atoms with Gasteiger partial charge in [0.15, 0.2) is 9.84 Å². The number of sulfone groups is 1. The number of carbonyl (C=O) groups excluding carboxylic acids is 1. The second-order valence-electron chi connectivity index (χ2n) is 5.09. The summed E-state index contributed by atoms with van der Waals surface area (Å²) < 4.78 is 28.2. The van der Waals surface area contributed by atoms with E-state index in [1.807, 2.05) is 6.92 Å². The second-order valence-corrected chi connectivity index (χ2v) is 7.32. The monoisotopic (exact) mass is 277 g/mol. The van der Waals surface area contributed by atoms with Crippen LogP contribution in [-0.2, 0) is 19.4 Å². The Morgan fingerprint density at radius 3 is 2.72 bits per heavy atom. The number of hydrogen-bond acceptors (Lipinski definition) is 5. The van der Waals surface area contributed by atoms with E-state index in [0.717, 1.165) is 0 Å². The molecule has 2 fully saturated rings. The highest BCUT2D eigenvalue weighted by Gasteiger charge is 2.37. The Morgan fingerprint density at radius 2 is 2.17 bits per heavy atom. The molecule has 0 saturated carbocycles. The van der Waals surface area contributed by atoms with Crippen molar-refractivity contribution >= 4 is 15.7 Å². The Hall–Kier alpha value is -0.660. The summed E-state index contributed by atoms with van der Waals surface area (Å²) in [5.41, 5.74) is 0. The highest BCUT2D eigenvalue weighted by Crippen LogP contribution is 2.22. The molecule has 6 nitrogen and oxygen atoms in total. The number of aliphatic hydroxyl groups is 1. The molecule has 1 N–H and O–H groups in total. The van der Waals surface area contributed by atoms with E-state index in [-0.39, 0.29) is 36.2 Å². The molecular formula is C11H19NO5S. The molecule has 7 heteroatoms. The third-order valence-electron chi connectivity index (χ3n) is 3.42. The number of rotatable bonds is 2. The summed E-state index contributed by atoms with van der Waals surface area (Å²) in [4.78, 5) is 13.8. The van der Waals surface area contributed by atoms with Crippen LogP contribution in [0.4, 0.5) is 0 Å². The molecule has 0 aromatic rings. The molecule has 0 spiro atoms. The largest absolute Gasteiger partial charge is 0.394 e. The molecule has 18 heavy (non-hydrogen) atoms. The summed E-state index contributed by atoms with van der Waals surface area (Å²) >= 11 is 0. The zero-order valence-corrected chi connectivity index (χ0v) is 11.2. The van der Waals surface area contributed by atoms with Crippen molar-refractivity contribution in [2.75, 3.05) is 31.2 Å². The number of amides is 1. The minimum absolute atomic E-state index is 0.0403. The molecule has 0 aliphatic carbocycles. The smallest absolute Gasteiger partial charge is 0.226 e. The highest BCUT2D eigenvalue weighted by molar-refractivity contribution is 7.91. The first kappa shape index (κ1) is 13.8. The minimum atomic E-state index is -3.04. The number of aliphatic hydroxyl groups excluding tert-OH is 1. The Morgan fingerprint density at radius 1 is 1.44 bits per heavy atom. The summed E-state index contributed by atoms with van der Waals surface area (Å²) in [6, 6.07) is 0. The molecule has 2 aliphatic rings. The van der Waals surface area contributed by atoms with E-state index >= 15 is 0 Å². The lowest BCUT2D eigenvalue weighted by Gasteiger charge is -2.37. The first-order chi connectivity index (χ1) is 8.41. The molecule has 104 valence electrons. The van der Waals surface area contributed by atoms with Crippen LogP contribution in [0.5, 0.6) is 0 Å². The van der Waals surface area contributed by atoms with Crippen molar-refractivity contribution in [2.24, 2.45) is 5.92 Å². The van der Waals surface area contributed by atoms with Crippen molar-refractivity contribution in [3.8, 4) is 0 Å². The molecule has 2 rings (SSSR count). The average Bonchev–Trinajstić information content (AvgIpc) is 2.67. The van der Waals surface area contributed by atoms with E-state index in [2.05, 4.69) is 0 Å². The molecule has 2 saturated heterocycles. The van der Waals surface area contributed by atoms with E-state index in [0.29, 0.717) is 19.5 Å². The highest BCUT2D eigenvalue weighted by atomic mass is 32.2. The maximum Gasteiger partial charge on any atom is 0.226 e. The molecule has 0 aromatic heterocycles. The summed E-state index contributed by atoms with van der Waals surface area (Å²) in [6.07, 6.45) is -0.0787. The van der Waals surface area contributed by atoms with Crippen molar-refractivity contribution in [1.29, 1.82) is 0 Å². The van der Waals surface area contributed by atoms with Crippen molar-refractivity contribution in [3.05, 3.63) is 0 Å². The van der Waals surface area contributed by atoms with Crippen LogP contribution >= 0.6 is 0 Å². The van der Waals surface area contributed by atoms with E-state index in [1.54, 1.807) is 4.90 Å². The number of ether oxygens (including phenoxy) is 1. The fraction of sp³-hybridized carbons (Fsp3) is 0.909. The van der Waals surface area contributed by atoms with E-state index in [4.69, 9.17) is 9.84 Å². The fourth-order valence-corrected chi connectivity index (χ4v) is 4.31. The molecule has 3 unspecified atom stereocenters. The van der Waals surface area contributed by atoms with Gasteiger partial charge in [0.1, 0.15) is 0 Å². The van der Waals surface area contributed by atoms with E-state index in [9.17, 15) is 13.2 Å². The first-order valence-corrected chi connectivity index (χ1v) is 7.99. The molecule has 0 bridgehead atoms. The lowest BCUT2D eigenvalue weighted by Crippen LogP contribution is -2.52. The van der Waals surface area contributed by atoms with Gasteiger partial charge in [-0.15, -0.1) is 0 Å². The maximum atomic E-state index is 12.2. The third-order valence-corrected chi connectivity index (χ3v) is 5.19. The van der Waals surface area contributed by atoms with Crippen LogP contribution in [0.25, 0.3) is 0 Å². The summed E-state index contributed by atoms with van der Waals surface area (Å²) in [5, 5.41) is 9.10. The predicted molar refractivity (Wildman–Crippen MR) is 64.8 cm³/mol. The Labute approximate surface area is 107 Å². The van der Waals surface area contributed by atoms with Gasteiger partial charge in [-0.2, -0.15) is 0 Å². The Bertz CT molecular complexity index is 421. The van der Waals surface area contributed by atoms with Crippen LogP contribution < -0.4 is 0 Å². The normalized spacial score (nSPS) is 35.7. The van der Waals surface area contributed by atoms with Crippen molar-refractivity contribution in [2.45, 2.75) is 25.6 Å². The van der Waals surface area contributed by atoms with Crippen molar-refractivity contribution in [1.82, 2.24) is 4.90 Å². The topological polar surface area (TPSA) is 83.9 Å². The maximum absolute atomic E-state index is 12.2. The second kappa shape index (κ2) is 5.14. The predicted octanol–water partition coefficient (Wildman–Crippen LogP) is -0.971. The SMILES string of the molecule is CC1CN(C(=O)C2CCS(=O)(=O)C2)CC(CO)O1. The molecular weight excluding hydrogens is 258 g/mol. The summed E-state index contributed by atoms with van der Waals surface area (Å²) in [5.74, 6) is -0.474. The minimum Gasteiger partial charge on any atom is -0.394 e. The summed E-state index contributed by atoms with van der Waals surface area (Å²) in [6.45, 7) is 2.52. The van der Waals surface area contributed by atoms with Gasteiger partial charge in [0.05, 0.1) is 36.2 Å². The van der Waals surface area contributed by atoms with Gasteiger partial charge >= 0.3 is 0 Å². The van der Waals surface area contributed by atoms with Gasteiger partial charge in [0, 0.05) is 13.1 Å². The van der Waals surface area contributed by atoms with Crippen LogP contribution in [0, 0.1) is 5.92 Å². The van der Waals surface area contributed by atoms with Gasteiger partial charge < -0.3 is 14.7 Å². The standard InChI is InChI=1S/C11H19NO5S/c1-8-4-12(5-10(6-13)17-8)11(14)9-2-3-18(15,16)7-9/h8-10,13H,2-7H2,1H3. The number of nitrogens with zero attached hydrogens (tertiary/aromatic N) is 1. The number of hydrogen-bond donors (Lipinski definition) is 1. The van der Waals surface area contributed by atoms with Gasteiger partial charge in [0.2, 0.25) is 5.91 Å². The summed E-state index contributed by atoms with van der Waals surface area (Å²) in [7, 11) is -3.04. The third kappa shape index (κ3) is 3.02. The average molecular weight is 277 g/mol.